The SMILES string of the molecule is O=C(O)c1ccnc(-c2cccc3ccccc23)c1. The summed E-state index contributed by atoms with van der Waals surface area (Å²) in [5.74, 6) is -0.941. The van der Waals surface area contributed by atoms with Crippen molar-refractivity contribution >= 4 is 16.7 Å². The maximum Gasteiger partial charge on any atom is 0.335 e. The molecule has 0 amide bonds. The van der Waals surface area contributed by atoms with Crippen molar-refractivity contribution < 1.29 is 9.90 Å². The normalized spacial score (nSPS) is 10.5. The Kier molecular flexibility index (Phi) is 2.72. The molecule has 0 aliphatic heterocycles. The number of pyridine rings is 1. The van der Waals surface area contributed by atoms with Crippen LogP contribution >= 0.6 is 0 Å². The molecule has 0 unspecified atom stereocenters. The van der Waals surface area contributed by atoms with Crippen molar-refractivity contribution in [3.05, 3.63) is 66.4 Å². The number of rotatable bonds is 2. The molecule has 3 nitrogen and oxygen atoms in total. The summed E-state index contributed by atoms with van der Waals surface area (Å²) in [5.41, 5.74) is 1.87. The van der Waals surface area contributed by atoms with Crippen LogP contribution in [0.25, 0.3) is 22.0 Å². The summed E-state index contributed by atoms with van der Waals surface area (Å²) in [4.78, 5) is 15.3. The summed E-state index contributed by atoms with van der Waals surface area (Å²) in [7, 11) is 0. The van der Waals surface area contributed by atoms with Gasteiger partial charge in [0.15, 0.2) is 0 Å². The quantitative estimate of drug-likeness (QED) is 0.754. The van der Waals surface area contributed by atoms with Gasteiger partial charge >= 0.3 is 5.97 Å². The zero-order chi connectivity index (χ0) is 13.2. The lowest BCUT2D eigenvalue weighted by Crippen LogP contribution is -1.97. The minimum Gasteiger partial charge on any atom is -0.478 e. The van der Waals surface area contributed by atoms with Crippen LogP contribution in [0.15, 0.2) is 60.8 Å². The first-order chi connectivity index (χ1) is 9.25. The van der Waals surface area contributed by atoms with Gasteiger partial charge in [0.1, 0.15) is 0 Å². The largest absolute Gasteiger partial charge is 0.478 e. The Morgan fingerprint density at radius 1 is 1.00 bits per heavy atom. The van der Waals surface area contributed by atoms with Gasteiger partial charge in [-0.15, -0.1) is 0 Å². The third-order valence-electron chi connectivity index (χ3n) is 3.07. The fourth-order valence-electron chi connectivity index (χ4n) is 2.16. The fourth-order valence-corrected chi connectivity index (χ4v) is 2.16. The molecule has 1 heterocycles. The molecule has 0 fully saturated rings. The van der Waals surface area contributed by atoms with Crippen LogP contribution in [0.3, 0.4) is 0 Å². The number of aromatic carboxylic acids is 1. The van der Waals surface area contributed by atoms with E-state index in [0.717, 1.165) is 16.3 Å². The van der Waals surface area contributed by atoms with E-state index in [-0.39, 0.29) is 5.56 Å². The minimum atomic E-state index is -0.941. The van der Waals surface area contributed by atoms with Crippen molar-refractivity contribution in [3.63, 3.8) is 0 Å². The molecular weight excluding hydrogens is 238 g/mol. The monoisotopic (exact) mass is 249 g/mol. The first-order valence-corrected chi connectivity index (χ1v) is 5.93. The summed E-state index contributed by atoms with van der Waals surface area (Å²) in [6, 6.07) is 17.0. The number of hydrogen-bond donors (Lipinski definition) is 1. The van der Waals surface area contributed by atoms with E-state index in [1.807, 2.05) is 42.5 Å². The van der Waals surface area contributed by atoms with Crippen molar-refractivity contribution in [2.45, 2.75) is 0 Å². The molecule has 92 valence electrons. The molecule has 1 aromatic heterocycles. The summed E-state index contributed by atoms with van der Waals surface area (Å²) in [6.45, 7) is 0. The van der Waals surface area contributed by atoms with Crippen LogP contribution in [0.5, 0.6) is 0 Å². The van der Waals surface area contributed by atoms with E-state index in [0.29, 0.717) is 5.69 Å². The van der Waals surface area contributed by atoms with Gasteiger partial charge < -0.3 is 5.11 Å². The molecule has 0 radical (unpaired) electrons. The van der Waals surface area contributed by atoms with Gasteiger partial charge in [-0.25, -0.2) is 4.79 Å². The van der Waals surface area contributed by atoms with E-state index in [4.69, 9.17) is 5.11 Å². The highest BCUT2D eigenvalue weighted by atomic mass is 16.4. The molecule has 3 rings (SSSR count). The number of carbonyl (C=O) groups is 1. The van der Waals surface area contributed by atoms with Gasteiger partial charge in [0.05, 0.1) is 11.3 Å². The highest BCUT2D eigenvalue weighted by Gasteiger charge is 2.08. The Labute approximate surface area is 110 Å². The molecular formula is C16H11NO2. The van der Waals surface area contributed by atoms with Crippen LogP contribution in [0.2, 0.25) is 0 Å². The van der Waals surface area contributed by atoms with Gasteiger partial charge in [0.25, 0.3) is 0 Å². The molecule has 3 heteroatoms. The molecule has 0 spiro atoms. The van der Waals surface area contributed by atoms with Crippen molar-refractivity contribution in [2.24, 2.45) is 0 Å². The van der Waals surface area contributed by atoms with Crippen LogP contribution in [0.4, 0.5) is 0 Å². The summed E-state index contributed by atoms with van der Waals surface area (Å²) < 4.78 is 0. The molecule has 0 aliphatic rings. The summed E-state index contributed by atoms with van der Waals surface area (Å²) >= 11 is 0. The molecule has 0 saturated heterocycles. The number of carboxylic acid groups (broad SMARTS) is 1. The van der Waals surface area contributed by atoms with Crippen molar-refractivity contribution in [1.29, 1.82) is 0 Å². The van der Waals surface area contributed by atoms with Gasteiger partial charge in [-0.1, -0.05) is 42.5 Å². The molecule has 3 aromatic rings. The van der Waals surface area contributed by atoms with E-state index in [1.165, 1.54) is 12.3 Å². The van der Waals surface area contributed by atoms with E-state index >= 15 is 0 Å². The van der Waals surface area contributed by atoms with Gasteiger partial charge in [-0.05, 0) is 22.9 Å². The van der Waals surface area contributed by atoms with Gasteiger partial charge in [0.2, 0.25) is 0 Å². The van der Waals surface area contributed by atoms with Crippen molar-refractivity contribution in [3.8, 4) is 11.3 Å². The Balaban J connectivity index is 2.24. The second kappa shape index (κ2) is 4.53. The molecule has 1 N–H and O–H groups in total. The molecule has 0 atom stereocenters. The standard InChI is InChI=1S/C16H11NO2/c18-16(19)12-8-9-17-15(10-12)14-7-3-5-11-4-1-2-6-13(11)14/h1-10H,(H,18,19). The minimum absolute atomic E-state index is 0.248. The molecule has 0 aliphatic carbocycles. The van der Waals surface area contributed by atoms with Crippen LogP contribution in [0.1, 0.15) is 10.4 Å². The highest BCUT2D eigenvalue weighted by Crippen LogP contribution is 2.27. The third-order valence-corrected chi connectivity index (χ3v) is 3.07. The summed E-state index contributed by atoms with van der Waals surface area (Å²) in [6.07, 6.45) is 1.53. The van der Waals surface area contributed by atoms with Crippen molar-refractivity contribution in [2.75, 3.05) is 0 Å². The third kappa shape index (κ3) is 2.06. The smallest absolute Gasteiger partial charge is 0.335 e. The lowest BCUT2D eigenvalue weighted by Gasteiger charge is -2.06. The maximum atomic E-state index is 11.0. The van der Waals surface area contributed by atoms with E-state index in [9.17, 15) is 4.79 Å². The Bertz CT molecular complexity index is 760. The number of carboxylic acids is 1. The van der Waals surface area contributed by atoms with Crippen LogP contribution in [-0.2, 0) is 0 Å². The molecule has 0 saturated carbocycles. The van der Waals surface area contributed by atoms with Crippen LogP contribution in [0, 0.1) is 0 Å². The number of hydrogen-bond acceptors (Lipinski definition) is 2. The zero-order valence-electron chi connectivity index (χ0n) is 10.1. The predicted molar refractivity (Wildman–Crippen MR) is 74.1 cm³/mol. The van der Waals surface area contributed by atoms with Crippen LogP contribution < -0.4 is 0 Å². The lowest BCUT2D eigenvalue weighted by atomic mass is 10.0. The van der Waals surface area contributed by atoms with Crippen molar-refractivity contribution in [1.82, 2.24) is 4.98 Å². The Morgan fingerprint density at radius 2 is 1.79 bits per heavy atom. The zero-order valence-corrected chi connectivity index (χ0v) is 10.1. The Hall–Kier alpha value is -2.68. The summed E-state index contributed by atoms with van der Waals surface area (Å²) in [5, 5.41) is 11.2. The topological polar surface area (TPSA) is 50.2 Å². The second-order valence-corrected chi connectivity index (χ2v) is 4.26. The number of fused-ring (bicyclic) bond motifs is 1. The van der Waals surface area contributed by atoms with E-state index in [2.05, 4.69) is 4.98 Å². The Morgan fingerprint density at radius 3 is 2.63 bits per heavy atom. The van der Waals surface area contributed by atoms with E-state index < -0.39 is 5.97 Å². The number of nitrogens with zero attached hydrogens (tertiary/aromatic N) is 1. The molecule has 0 bridgehead atoms. The fraction of sp³-hybridized carbons (Fsp3) is 0. The maximum absolute atomic E-state index is 11.0. The first kappa shape index (κ1) is 11.4. The highest BCUT2D eigenvalue weighted by molar-refractivity contribution is 5.97. The molecule has 2 aromatic carbocycles. The lowest BCUT2D eigenvalue weighted by molar-refractivity contribution is 0.0697. The average Bonchev–Trinajstić information content (AvgIpc) is 2.47. The van der Waals surface area contributed by atoms with Gasteiger partial charge in [0, 0.05) is 11.8 Å². The number of benzene rings is 2. The first-order valence-electron chi connectivity index (χ1n) is 5.93. The number of aromatic nitrogens is 1. The molecule has 19 heavy (non-hydrogen) atoms. The second-order valence-electron chi connectivity index (χ2n) is 4.26. The average molecular weight is 249 g/mol. The predicted octanol–water partition coefficient (Wildman–Crippen LogP) is 3.60. The van der Waals surface area contributed by atoms with Gasteiger partial charge in [-0.3, -0.25) is 4.98 Å². The van der Waals surface area contributed by atoms with Gasteiger partial charge in [-0.2, -0.15) is 0 Å². The van der Waals surface area contributed by atoms with Crippen LogP contribution in [-0.4, -0.2) is 16.1 Å². The van der Waals surface area contributed by atoms with E-state index in [1.54, 1.807) is 6.07 Å².